The molecular weight excluding hydrogens is 517 g/mol. The molecule has 0 saturated heterocycles. The highest BCUT2D eigenvalue weighted by Gasteiger charge is 2.41. The minimum atomic E-state index is -3.90. The lowest BCUT2D eigenvalue weighted by molar-refractivity contribution is 0.304. The standard InChI is InChI=1S/C34H40NO4P/c1-2-3-4-5-6-7-17-27-37-33-26-18-19-29(28-33)34(35-30-20-11-8-12-21-30)40(36,38-31-22-13-9-14-23-31)39-32-24-15-10-16-25-32/h8-16,18-26,28,34-35H,2-7,17,27H2,1H3/t34-/m0/s1. The van der Waals surface area contributed by atoms with Crippen LogP contribution in [0.1, 0.15) is 63.2 Å². The summed E-state index contributed by atoms with van der Waals surface area (Å²) in [6.07, 6.45) is 8.58. The van der Waals surface area contributed by atoms with Gasteiger partial charge in [-0.25, -0.2) is 4.57 Å². The van der Waals surface area contributed by atoms with Crippen LogP contribution >= 0.6 is 7.60 Å². The van der Waals surface area contributed by atoms with Gasteiger partial charge in [0.15, 0.2) is 5.78 Å². The van der Waals surface area contributed by atoms with Gasteiger partial charge < -0.3 is 19.1 Å². The van der Waals surface area contributed by atoms with E-state index in [9.17, 15) is 4.57 Å². The SMILES string of the molecule is CCCCCCCCCOc1cccc([C@@H](Nc2ccccc2)P(=O)(Oc2ccccc2)Oc2ccccc2)c1. The quantitative estimate of drug-likeness (QED) is 0.103. The molecule has 0 aromatic heterocycles. The van der Waals surface area contributed by atoms with Crippen molar-refractivity contribution in [1.82, 2.24) is 0 Å². The van der Waals surface area contributed by atoms with E-state index in [0.29, 0.717) is 18.1 Å². The average molecular weight is 558 g/mol. The molecule has 1 N–H and O–H groups in total. The molecule has 0 amide bonds. The van der Waals surface area contributed by atoms with Crippen molar-refractivity contribution in [2.45, 2.75) is 57.7 Å². The topological polar surface area (TPSA) is 56.8 Å². The predicted molar refractivity (Wildman–Crippen MR) is 164 cm³/mol. The zero-order valence-corrected chi connectivity index (χ0v) is 24.2. The van der Waals surface area contributed by atoms with Gasteiger partial charge in [0.05, 0.1) is 6.61 Å². The molecule has 0 aliphatic heterocycles. The third kappa shape index (κ3) is 9.20. The maximum absolute atomic E-state index is 14.8. The molecule has 0 heterocycles. The van der Waals surface area contributed by atoms with Gasteiger partial charge in [0.2, 0.25) is 0 Å². The van der Waals surface area contributed by atoms with Crippen LogP contribution in [0.2, 0.25) is 0 Å². The Kier molecular flexibility index (Phi) is 11.6. The Balaban J connectivity index is 1.58. The van der Waals surface area contributed by atoms with Gasteiger partial charge in [0.25, 0.3) is 0 Å². The third-order valence-electron chi connectivity index (χ3n) is 6.54. The summed E-state index contributed by atoms with van der Waals surface area (Å²) in [5.41, 5.74) is 1.55. The summed E-state index contributed by atoms with van der Waals surface area (Å²) < 4.78 is 33.4. The molecule has 6 heteroatoms. The Morgan fingerprint density at radius 1 is 0.625 bits per heavy atom. The Hall–Kier alpha value is -3.69. The number of para-hydroxylation sites is 3. The van der Waals surface area contributed by atoms with E-state index in [0.717, 1.165) is 29.8 Å². The van der Waals surface area contributed by atoms with Crippen LogP contribution in [0.25, 0.3) is 0 Å². The van der Waals surface area contributed by atoms with Crippen LogP contribution in [0.5, 0.6) is 17.2 Å². The highest BCUT2D eigenvalue weighted by Crippen LogP contribution is 2.60. The number of unbranched alkanes of at least 4 members (excludes halogenated alkanes) is 6. The summed E-state index contributed by atoms with van der Waals surface area (Å²) in [5.74, 6) is 0.854. The Morgan fingerprint density at radius 3 is 1.75 bits per heavy atom. The summed E-state index contributed by atoms with van der Waals surface area (Å²) in [6.45, 7) is 2.88. The number of hydrogen-bond donors (Lipinski definition) is 1. The molecule has 5 nitrogen and oxygen atoms in total. The van der Waals surface area contributed by atoms with Gasteiger partial charge in [-0.05, 0) is 60.5 Å². The fourth-order valence-corrected chi connectivity index (χ4v) is 6.35. The molecule has 4 aromatic carbocycles. The molecule has 0 unspecified atom stereocenters. The van der Waals surface area contributed by atoms with E-state index in [1.165, 1.54) is 32.1 Å². The summed E-state index contributed by atoms with van der Waals surface area (Å²) in [5, 5.41) is 3.44. The van der Waals surface area contributed by atoms with Gasteiger partial charge in [0, 0.05) is 5.69 Å². The fraction of sp³-hybridized carbons (Fsp3) is 0.294. The molecule has 1 atom stereocenters. The molecule has 0 radical (unpaired) electrons. The molecule has 4 rings (SSSR count). The van der Waals surface area contributed by atoms with Gasteiger partial charge in [-0.2, -0.15) is 0 Å². The summed E-state index contributed by atoms with van der Waals surface area (Å²) in [6, 6.07) is 35.7. The highest BCUT2D eigenvalue weighted by atomic mass is 31.2. The van der Waals surface area contributed by atoms with Crippen LogP contribution in [0.4, 0.5) is 5.69 Å². The molecular formula is C34H40NO4P. The molecule has 210 valence electrons. The number of rotatable bonds is 17. The second-order valence-electron chi connectivity index (χ2n) is 9.80. The molecule has 4 aromatic rings. The number of hydrogen-bond acceptors (Lipinski definition) is 5. The van der Waals surface area contributed by atoms with Crippen LogP contribution < -0.4 is 19.1 Å². The van der Waals surface area contributed by atoms with E-state index < -0.39 is 13.4 Å². The second kappa shape index (κ2) is 15.8. The van der Waals surface area contributed by atoms with Crippen molar-refractivity contribution >= 4 is 13.3 Å². The van der Waals surface area contributed by atoms with E-state index in [1.54, 1.807) is 24.3 Å². The molecule has 0 aliphatic rings. The maximum Gasteiger partial charge on any atom is 0.457 e. The number of benzene rings is 4. The van der Waals surface area contributed by atoms with Gasteiger partial charge >= 0.3 is 7.60 Å². The first kappa shape index (κ1) is 29.3. The zero-order valence-electron chi connectivity index (χ0n) is 23.3. The van der Waals surface area contributed by atoms with E-state index in [2.05, 4.69) is 12.2 Å². The fourth-order valence-electron chi connectivity index (χ4n) is 4.44. The van der Waals surface area contributed by atoms with Crippen LogP contribution in [0, 0.1) is 0 Å². The van der Waals surface area contributed by atoms with Gasteiger partial charge in [-0.3, -0.25) is 0 Å². The molecule has 0 aliphatic carbocycles. The summed E-state index contributed by atoms with van der Waals surface area (Å²) in [4.78, 5) is 0. The molecule has 0 spiro atoms. The van der Waals surface area contributed by atoms with Gasteiger partial charge in [-0.1, -0.05) is 112 Å². The van der Waals surface area contributed by atoms with E-state index in [4.69, 9.17) is 13.8 Å². The van der Waals surface area contributed by atoms with Crippen molar-refractivity contribution in [3.63, 3.8) is 0 Å². The molecule has 40 heavy (non-hydrogen) atoms. The van der Waals surface area contributed by atoms with Crippen molar-refractivity contribution < 1.29 is 18.3 Å². The lowest BCUT2D eigenvalue weighted by atomic mass is 10.1. The first-order valence-electron chi connectivity index (χ1n) is 14.3. The maximum atomic E-state index is 14.8. The van der Waals surface area contributed by atoms with Gasteiger partial charge in [-0.15, -0.1) is 0 Å². The third-order valence-corrected chi connectivity index (χ3v) is 8.53. The molecule has 0 bridgehead atoms. The van der Waals surface area contributed by atoms with Crippen LogP contribution in [0.3, 0.4) is 0 Å². The molecule has 0 saturated carbocycles. The van der Waals surface area contributed by atoms with Crippen LogP contribution in [-0.4, -0.2) is 6.61 Å². The normalized spacial score (nSPS) is 11.9. The number of nitrogens with one attached hydrogen (secondary N) is 1. The van der Waals surface area contributed by atoms with Crippen molar-refractivity contribution in [2.75, 3.05) is 11.9 Å². The van der Waals surface area contributed by atoms with E-state index >= 15 is 0 Å². The van der Waals surface area contributed by atoms with Crippen molar-refractivity contribution in [3.05, 3.63) is 121 Å². The first-order chi connectivity index (χ1) is 19.7. The minimum Gasteiger partial charge on any atom is -0.494 e. The van der Waals surface area contributed by atoms with Crippen molar-refractivity contribution in [1.29, 1.82) is 0 Å². The lowest BCUT2D eigenvalue weighted by Gasteiger charge is -2.29. The average Bonchev–Trinajstić information content (AvgIpc) is 2.99. The van der Waals surface area contributed by atoms with E-state index in [1.807, 2.05) is 91.0 Å². The van der Waals surface area contributed by atoms with Crippen LogP contribution in [0.15, 0.2) is 115 Å². The smallest absolute Gasteiger partial charge is 0.457 e. The molecule has 0 fully saturated rings. The largest absolute Gasteiger partial charge is 0.494 e. The minimum absolute atomic E-state index is 0.466. The Labute approximate surface area is 239 Å². The number of anilines is 1. The Bertz CT molecular complexity index is 1260. The van der Waals surface area contributed by atoms with Crippen LogP contribution in [-0.2, 0) is 4.57 Å². The van der Waals surface area contributed by atoms with Crippen molar-refractivity contribution in [2.24, 2.45) is 0 Å². The first-order valence-corrected chi connectivity index (χ1v) is 15.9. The van der Waals surface area contributed by atoms with Gasteiger partial charge in [0.1, 0.15) is 17.2 Å². The lowest BCUT2D eigenvalue weighted by Crippen LogP contribution is -2.18. The highest BCUT2D eigenvalue weighted by molar-refractivity contribution is 7.55. The zero-order chi connectivity index (χ0) is 27.9. The van der Waals surface area contributed by atoms with E-state index in [-0.39, 0.29) is 0 Å². The Morgan fingerprint density at radius 2 is 1.15 bits per heavy atom. The van der Waals surface area contributed by atoms with Crippen molar-refractivity contribution in [3.8, 4) is 17.2 Å². The monoisotopic (exact) mass is 557 g/mol. The second-order valence-corrected chi connectivity index (χ2v) is 11.8. The summed E-state index contributed by atoms with van der Waals surface area (Å²) in [7, 11) is -3.90. The number of ether oxygens (including phenoxy) is 1. The summed E-state index contributed by atoms with van der Waals surface area (Å²) >= 11 is 0. The predicted octanol–water partition coefficient (Wildman–Crippen LogP) is 10.3.